The minimum atomic E-state index is -3.74. The van der Waals surface area contributed by atoms with Crippen LogP contribution in [-0.2, 0) is 24.1 Å². The van der Waals surface area contributed by atoms with E-state index in [9.17, 15) is 57.4 Å². The summed E-state index contributed by atoms with van der Waals surface area (Å²) in [7, 11) is -3.74. The maximum absolute atomic E-state index is 13.4. The van der Waals surface area contributed by atoms with Gasteiger partial charge in [0.1, 0.15) is 15.9 Å². The summed E-state index contributed by atoms with van der Waals surface area (Å²) in [5, 5.41) is 22.0. The Labute approximate surface area is 270 Å². The average Bonchev–Trinajstić information content (AvgIpc) is 3.30. The van der Waals surface area contributed by atoms with Gasteiger partial charge in [-0.25, -0.2) is 18.0 Å². The molecule has 1 heterocycles. The normalized spacial score (nSPS) is 13.0. The molecule has 1 aliphatic rings. The summed E-state index contributed by atoms with van der Waals surface area (Å²) < 4.78 is 33.8. The predicted molar refractivity (Wildman–Crippen MR) is 161 cm³/mol. The lowest BCUT2D eigenvalue weighted by atomic mass is 10.1. The second kappa shape index (κ2) is 14.1. The van der Waals surface area contributed by atoms with E-state index in [1.165, 1.54) is 30.3 Å². The largest absolute Gasteiger partial charge is 0.456 e. The van der Waals surface area contributed by atoms with Crippen LogP contribution in [0.4, 0.5) is 11.4 Å². The van der Waals surface area contributed by atoms with Crippen LogP contribution in [-0.4, -0.2) is 89.7 Å². The van der Waals surface area contributed by atoms with E-state index in [0.717, 1.165) is 42.7 Å². The van der Waals surface area contributed by atoms with Gasteiger partial charge in [-0.2, -0.15) is 0 Å². The molecule has 0 saturated heterocycles. The first kappa shape index (κ1) is 34.7. The number of sulfone groups is 1. The van der Waals surface area contributed by atoms with Gasteiger partial charge in [-0.3, -0.25) is 44.3 Å². The number of esters is 2. The van der Waals surface area contributed by atoms with E-state index in [1.54, 1.807) is 0 Å². The number of hydrogen-bond donors (Lipinski definition) is 0. The number of nitro groups is 2. The first-order chi connectivity index (χ1) is 22.6. The summed E-state index contributed by atoms with van der Waals surface area (Å²) in [6, 6.07) is 10.6. The number of benzene rings is 3. The standard InChI is InChI=1S/C30H23N3O14S/c1-48(44,45)11-10-24(30(39)47-16-26(35)18-5-3-7-21(13-18)33(42)43)31-27(36)22-9-8-19(14-23(22)28(31)37)29(38)46-15-25(34)17-4-2-6-20(12-17)32(40)41/h2-9,12-14,24H,10-11,15-16H2,1H3/t24-/m0/s1. The van der Waals surface area contributed by atoms with Crippen LogP contribution in [0.3, 0.4) is 0 Å². The van der Waals surface area contributed by atoms with E-state index in [-0.39, 0.29) is 33.5 Å². The Kier molecular flexibility index (Phi) is 10.2. The highest BCUT2D eigenvalue weighted by Crippen LogP contribution is 2.28. The molecule has 2 amide bonds. The molecule has 17 nitrogen and oxygen atoms in total. The van der Waals surface area contributed by atoms with Crippen molar-refractivity contribution in [3.63, 3.8) is 0 Å². The summed E-state index contributed by atoms with van der Waals surface area (Å²) in [5.41, 5.74) is -1.91. The van der Waals surface area contributed by atoms with Gasteiger partial charge in [0.05, 0.1) is 32.3 Å². The van der Waals surface area contributed by atoms with Gasteiger partial charge in [-0.1, -0.05) is 24.3 Å². The molecular formula is C30H23N3O14S. The third-order valence-corrected chi connectivity index (χ3v) is 7.91. The van der Waals surface area contributed by atoms with Crippen molar-refractivity contribution in [3.8, 4) is 0 Å². The summed E-state index contributed by atoms with van der Waals surface area (Å²) in [6.07, 6.45) is 0.244. The third-order valence-electron chi connectivity index (χ3n) is 6.94. The molecule has 0 unspecified atom stereocenters. The molecule has 0 N–H and O–H groups in total. The fourth-order valence-electron chi connectivity index (χ4n) is 4.55. The molecule has 0 saturated carbocycles. The highest BCUT2D eigenvalue weighted by atomic mass is 32.2. The number of amides is 2. The van der Waals surface area contributed by atoms with Crippen LogP contribution >= 0.6 is 0 Å². The molecule has 0 aromatic heterocycles. The summed E-state index contributed by atoms with van der Waals surface area (Å²) >= 11 is 0. The number of Topliss-reactive ketones (excluding diaryl/α,β-unsaturated/α-hetero) is 2. The molecule has 1 aliphatic heterocycles. The number of rotatable bonds is 14. The van der Waals surface area contributed by atoms with E-state index in [0.29, 0.717) is 4.90 Å². The van der Waals surface area contributed by atoms with E-state index < -0.39 is 92.1 Å². The zero-order valence-electron chi connectivity index (χ0n) is 24.7. The summed E-state index contributed by atoms with van der Waals surface area (Å²) in [6.45, 7) is -1.77. The Hall–Kier alpha value is -6.17. The van der Waals surface area contributed by atoms with Crippen LogP contribution in [0.25, 0.3) is 0 Å². The zero-order chi connectivity index (χ0) is 35.3. The molecule has 0 radical (unpaired) electrons. The van der Waals surface area contributed by atoms with Crippen LogP contribution in [0.5, 0.6) is 0 Å². The molecule has 4 rings (SSSR count). The molecule has 0 bridgehead atoms. The molecule has 1 atom stereocenters. The fourth-order valence-corrected chi connectivity index (χ4v) is 5.20. The molecule has 3 aromatic rings. The first-order valence-corrected chi connectivity index (χ1v) is 15.7. The SMILES string of the molecule is CS(=O)(=O)CC[C@@H](C(=O)OCC(=O)c1cccc([N+](=O)[O-])c1)N1C(=O)c2ccc(C(=O)OCC(=O)c3cccc([N+](=O)[O-])c3)cc2C1=O. The summed E-state index contributed by atoms with van der Waals surface area (Å²) in [4.78, 5) is 98.5. The van der Waals surface area contributed by atoms with Gasteiger partial charge in [0, 0.05) is 41.6 Å². The number of hydrogen-bond acceptors (Lipinski definition) is 14. The van der Waals surface area contributed by atoms with Crippen molar-refractivity contribution in [2.45, 2.75) is 12.5 Å². The Balaban J connectivity index is 1.50. The molecule has 18 heteroatoms. The van der Waals surface area contributed by atoms with Crippen LogP contribution in [0.15, 0.2) is 66.7 Å². The average molecular weight is 682 g/mol. The summed E-state index contributed by atoms with van der Waals surface area (Å²) in [5.74, 6) is -6.83. The molecule has 0 spiro atoms. The topological polar surface area (TPSA) is 245 Å². The minimum Gasteiger partial charge on any atom is -0.456 e. The highest BCUT2D eigenvalue weighted by Gasteiger charge is 2.44. The van der Waals surface area contributed by atoms with Gasteiger partial charge in [0.2, 0.25) is 11.6 Å². The molecule has 3 aromatic carbocycles. The van der Waals surface area contributed by atoms with Crippen molar-refractivity contribution in [1.82, 2.24) is 4.90 Å². The van der Waals surface area contributed by atoms with Gasteiger partial charge in [-0.05, 0) is 24.6 Å². The monoisotopic (exact) mass is 681 g/mol. The number of ether oxygens (including phenoxy) is 2. The lowest BCUT2D eigenvalue weighted by molar-refractivity contribution is -0.385. The van der Waals surface area contributed by atoms with E-state index >= 15 is 0 Å². The quantitative estimate of drug-likeness (QED) is 0.0780. The number of nitro benzene ring substituents is 2. The number of nitrogens with zero attached hydrogens (tertiary/aromatic N) is 3. The number of carbonyl (C=O) groups excluding carboxylic acids is 6. The van der Waals surface area contributed by atoms with Gasteiger partial charge >= 0.3 is 11.9 Å². The third kappa shape index (κ3) is 7.97. The maximum Gasteiger partial charge on any atom is 0.338 e. The predicted octanol–water partition coefficient (Wildman–Crippen LogP) is 2.37. The molecule has 48 heavy (non-hydrogen) atoms. The lowest BCUT2D eigenvalue weighted by Gasteiger charge is -2.24. The lowest BCUT2D eigenvalue weighted by Crippen LogP contribution is -2.46. The van der Waals surface area contributed by atoms with Gasteiger partial charge in [0.15, 0.2) is 13.2 Å². The molecular weight excluding hydrogens is 658 g/mol. The molecule has 0 fully saturated rings. The van der Waals surface area contributed by atoms with E-state index in [1.807, 2.05) is 0 Å². The second-order valence-electron chi connectivity index (χ2n) is 10.3. The second-order valence-corrected chi connectivity index (χ2v) is 12.6. The number of ketones is 2. The van der Waals surface area contributed by atoms with Crippen molar-refractivity contribution in [2.24, 2.45) is 0 Å². The van der Waals surface area contributed by atoms with Crippen LogP contribution < -0.4 is 0 Å². The van der Waals surface area contributed by atoms with Crippen molar-refractivity contribution in [3.05, 3.63) is 115 Å². The molecule has 0 aliphatic carbocycles. The molecule has 248 valence electrons. The smallest absolute Gasteiger partial charge is 0.338 e. The number of fused-ring (bicyclic) bond motifs is 1. The van der Waals surface area contributed by atoms with Crippen molar-refractivity contribution in [1.29, 1.82) is 0 Å². The Bertz CT molecular complexity index is 2010. The highest BCUT2D eigenvalue weighted by molar-refractivity contribution is 7.90. The van der Waals surface area contributed by atoms with Crippen molar-refractivity contribution < 1.29 is 56.5 Å². The van der Waals surface area contributed by atoms with E-state index in [4.69, 9.17) is 9.47 Å². The number of imide groups is 1. The Morgan fingerprint density at radius 1 is 0.750 bits per heavy atom. The van der Waals surface area contributed by atoms with Crippen molar-refractivity contribution in [2.75, 3.05) is 25.2 Å². The van der Waals surface area contributed by atoms with Crippen LogP contribution in [0, 0.1) is 20.2 Å². The van der Waals surface area contributed by atoms with Gasteiger partial charge < -0.3 is 9.47 Å². The first-order valence-electron chi connectivity index (χ1n) is 13.7. The fraction of sp³-hybridized carbons (Fsp3) is 0.200. The van der Waals surface area contributed by atoms with Crippen LogP contribution in [0.2, 0.25) is 0 Å². The maximum atomic E-state index is 13.4. The Morgan fingerprint density at radius 3 is 1.79 bits per heavy atom. The number of non-ortho nitro benzene ring substituents is 2. The van der Waals surface area contributed by atoms with Crippen LogP contribution in [0.1, 0.15) is 58.2 Å². The van der Waals surface area contributed by atoms with Gasteiger partial charge in [-0.15, -0.1) is 0 Å². The Morgan fingerprint density at radius 2 is 1.27 bits per heavy atom. The number of carbonyl (C=O) groups is 6. The zero-order valence-corrected chi connectivity index (χ0v) is 25.5. The van der Waals surface area contributed by atoms with E-state index in [2.05, 4.69) is 0 Å². The van der Waals surface area contributed by atoms with Crippen molar-refractivity contribution >= 4 is 56.5 Å². The van der Waals surface area contributed by atoms with Gasteiger partial charge in [0.25, 0.3) is 23.2 Å². The minimum absolute atomic E-state index is 0.0961.